The van der Waals surface area contributed by atoms with Crippen LogP contribution in [0.2, 0.25) is 0 Å². The van der Waals surface area contributed by atoms with Gasteiger partial charge in [-0.3, -0.25) is 5.32 Å². The summed E-state index contributed by atoms with van der Waals surface area (Å²) in [5.41, 5.74) is 1.56. The third-order valence-corrected chi connectivity index (χ3v) is 1.66. The highest BCUT2D eigenvalue weighted by atomic mass is 16.3. The summed E-state index contributed by atoms with van der Waals surface area (Å²) in [6.45, 7) is 2.02. The molecule has 62 valence electrons. The molecule has 1 aromatic rings. The van der Waals surface area contributed by atoms with Gasteiger partial charge in [-0.1, -0.05) is 13.0 Å². The maximum absolute atomic E-state index is 9.25. The first kappa shape index (κ1) is 8.41. The second-order valence-electron chi connectivity index (χ2n) is 2.44. The van der Waals surface area contributed by atoms with Crippen LogP contribution < -0.4 is 5.32 Å². The fraction of sp³-hybridized carbons (Fsp3) is 0.222. The van der Waals surface area contributed by atoms with Crippen molar-refractivity contribution < 1.29 is 5.11 Å². The summed E-state index contributed by atoms with van der Waals surface area (Å²) in [5, 5.41) is 20.0. The Morgan fingerprint density at radius 2 is 2.33 bits per heavy atom. The van der Waals surface area contributed by atoms with Gasteiger partial charge < -0.3 is 5.11 Å². The predicted molar refractivity (Wildman–Crippen MR) is 46.7 cm³/mol. The number of hydrogen-bond acceptors (Lipinski definition) is 3. The molecule has 0 unspecified atom stereocenters. The molecule has 0 atom stereocenters. The number of benzene rings is 1. The summed E-state index contributed by atoms with van der Waals surface area (Å²) >= 11 is 0. The Kier molecular flexibility index (Phi) is 2.54. The monoisotopic (exact) mass is 162 g/mol. The molecule has 3 nitrogen and oxygen atoms in total. The Labute approximate surface area is 71.3 Å². The van der Waals surface area contributed by atoms with E-state index in [0.29, 0.717) is 5.69 Å². The van der Waals surface area contributed by atoms with Crippen LogP contribution in [-0.4, -0.2) is 5.11 Å². The molecule has 1 rings (SSSR count). The van der Waals surface area contributed by atoms with Crippen molar-refractivity contribution in [2.75, 3.05) is 5.32 Å². The zero-order valence-electron chi connectivity index (χ0n) is 6.83. The number of aryl methyl sites for hydroxylation is 1. The molecule has 0 aromatic heterocycles. The molecule has 0 spiro atoms. The summed E-state index contributed by atoms with van der Waals surface area (Å²) < 4.78 is 0. The van der Waals surface area contributed by atoms with E-state index in [1.165, 1.54) is 0 Å². The van der Waals surface area contributed by atoms with Crippen LogP contribution in [0.4, 0.5) is 5.69 Å². The minimum absolute atomic E-state index is 0.105. The highest BCUT2D eigenvalue weighted by molar-refractivity contribution is 5.59. The third-order valence-electron chi connectivity index (χ3n) is 1.66. The van der Waals surface area contributed by atoms with Crippen LogP contribution in [0.3, 0.4) is 0 Å². The van der Waals surface area contributed by atoms with E-state index in [1.54, 1.807) is 18.3 Å². The number of phenolic OH excluding ortho intramolecular Hbond substituents is 1. The lowest BCUT2D eigenvalue weighted by Crippen LogP contribution is -1.89. The number of nitrogens with zero attached hydrogens (tertiary/aromatic N) is 1. The van der Waals surface area contributed by atoms with Crippen molar-refractivity contribution in [2.24, 2.45) is 0 Å². The number of aromatic hydroxyl groups is 1. The molecule has 2 N–H and O–H groups in total. The minimum Gasteiger partial charge on any atom is -0.506 e. The Morgan fingerprint density at radius 3 is 2.92 bits per heavy atom. The number of rotatable bonds is 2. The molecule has 0 amide bonds. The molecular formula is C9H10N2O. The molecule has 0 aliphatic carbocycles. The fourth-order valence-corrected chi connectivity index (χ4v) is 0.963. The molecule has 0 saturated heterocycles. The average Bonchev–Trinajstić information content (AvgIpc) is 2.09. The lowest BCUT2D eigenvalue weighted by atomic mass is 10.1. The lowest BCUT2D eigenvalue weighted by Gasteiger charge is -2.03. The van der Waals surface area contributed by atoms with Gasteiger partial charge in [0.15, 0.2) is 6.19 Å². The summed E-state index contributed by atoms with van der Waals surface area (Å²) in [7, 11) is 0. The van der Waals surface area contributed by atoms with Gasteiger partial charge in [-0.05, 0) is 24.1 Å². The molecule has 1 aromatic carbocycles. The SMILES string of the molecule is CCc1ccc(O)c(NC#N)c1. The zero-order valence-corrected chi connectivity index (χ0v) is 6.83. The van der Waals surface area contributed by atoms with Gasteiger partial charge in [-0.25, -0.2) is 0 Å². The molecule has 12 heavy (non-hydrogen) atoms. The number of hydrogen-bond donors (Lipinski definition) is 2. The Balaban J connectivity index is 3.01. The van der Waals surface area contributed by atoms with Crippen molar-refractivity contribution in [3.8, 4) is 11.9 Å². The average molecular weight is 162 g/mol. The summed E-state index contributed by atoms with van der Waals surface area (Å²) in [5.74, 6) is 0.105. The quantitative estimate of drug-likeness (QED) is 0.396. The minimum atomic E-state index is 0.105. The van der Waals surface area contributed by atoms with Gasteiger partial charge in [0.1, 0.15) is 5.75 Å². The first-order chi connectivity index (χ1) is 5.77. The second-order valence-corrected chi connectivity index (χ2v) is 2.44. The fourth-order valence-electron chi connectivity index (χ4n) is 0.963. The van der Waals surface area contributed by atoms with Crippen LogP contribution in [-0.2, 0) is 6.42 Å². The lowest BCUT2D eigenvalue weighted by molar-refractivity contribution is 0.477. The van der Waals surface area contributed by atoms with Gasteiger partial charge in [0, 0.05) is 0 Å². The van der Waals surface area contributed by atoms with Crippen molar-refractivity contribution in [2.45, 2.75) is 13.3 Å². The number of phenols is 1. The maximum Gasteiger partial charge on any atom is 0.181 e. The van der Waals surface area contributed by atoms with Crippen molar-refractivity contribution in [3.05, 3.63) is 23.8 Å². The van der Waals surface area contributed by atoms with E-state index in [2.05, 4.69) is 5.32 Å². The number of nitrogens with one attached hydrogen (secondary N) is 1. The van der Waals surface area contributed by atoms with Gasteiger partial charge >= 0.3 is 0 Å². The topological polar surface area (TPSA) is 56.0 Å². The molecule has 0 heterocycles. The van der Waals surface area contributed by atoms with Crippen LogP contribution in [0.25, 0.3) is 0 Å². The first-order valence-corrected chi connectivity index (χ1v) is 3.75. The van der Waals surface area contributed by atoms with Crippen LogP contribution in [0, 0.1) is 11.5 Å². The number of anilines is 1. The van der Waals surface area contributed by atoms with Crippen LogP contribution in [0.5, 0.6) is 5.75 Å². The van der Waals surface area contributed by atoms with Crippen molar-refractivity contribution >= 4 is 5.69 Å². The van der Waals surface area contributed by atoms with Gasteiger partial charge in [-0.2, -0.15) is 5.26 Å². The number of nitriles is 1. The van der Waals surface area contributed by atoms with Gasteiger partial charge in [0.2, 0.25) is 0 Å². The van der Waals surface area contributed by atoms with E-state index in [9.17, 15) is 5.11 Å². The standard InChI is InChI=1S/C9H10N2O/c1-2-7-3-4-9(12)8(5-7)11-6-10/h3-5,11-12H,2H2,1H3. The molecule has 3 heteroatoms. The Morgan fingerprint density at radius 1 is 1.58 bits per heavy atom. The largest absolute Gasteiger partial charge is 0.506 e. The van der Waals surface area contributed by atoms with E-state index < -0.39 is 0 Å². The van der Waals surface area contributed by atoms with Gasteiger partial charge in [-0.15, -0.1) is 0 Å². The molecule has 0 bridgehead atoms. The molecule has 0 aliphatic rings. The van der Waals surface area contributed by atoms with Crippen molar-refractivity contribution in [3.63, 3.8) is 0 Å². The van der Waals surface area contributed by atoms with E-state index in [1.807, 2.05) is 13.0 Å². The summed E-state index contributed by atoms with van der Waals surface area (Å²) in [6, 6.07) is 5.18. The van der Waals surface area contributed by atoms with E-state index >= 15 is 0 Å². The van der Waals surface area contributed by atoms with Gasteiger partial charge in [0.05, 0.1) is 5.69 Å². The zero-order chi connectivity index (χ0) is 8.97. The molecule has 0 radical (unpaired) electrons. The molecule has 0 aliphatic heterocycles. The highest BCUT2D eigenvalue weighted by Gasteiger charge is 1.99. The first-order valence-electron chi connectivity index (χ1n) is 3.75. The smallest absolute Gasteiger partial charge is 0.181 e. The van der Waals surface area contributed by atoms with Crippen molar-refractivity contribution in [1.29, 1.82) is 5.26 Å². The normalized spacial score (nSPS) is 9.00. The molecular weight excluding hydrogens is 152 g/mol. The second kappa shape index (κ2) is 3.63. The molecule has 0 saturated carbocycles. The van der Waals surface area contributed by atoms with Crippen LogP contribution in [0.15, 0.2) is 18.2 Å². The third kappa shape index (κ3) is 1.67. The highest BCUT2D eigenvalue weighted by Crippen LogP contribution is 2.23. The summed E-state index contributed by atoms with van der Waals surface area (Å²) in [6.07, 6.45) is 2.66. The van der Waals surface area contributed by atoms with Crippen LogP contribution in [0.1, 0.15) is 12.5 Å². The Bertz CT molecular complexity index is 315. The van der Waals surface area contributed by atoms with E-state index in [4.69, 9.17) is 5.26 Å². The Hall–Kier alpha value is -1.69. The molecule has 0 fully saturated rings. The summed E-state index contributed by atoms with van der Waals surface area (Å²) in [4.78, 5) is 0. The van der Waals surface area contributed by atoms with E-state index in [-0.39, 0.29) is 5.75 Å². The van der Waals surface area contributed by atoms with Crippen molar-refractivity contribution in [1.82, 2.24) is 0 Å². The van der Waals surface area contributed by atoms with Gasteiger partial charge in [0.25, 0.3) is 0 Å². The maximum atomic E-state index is 9.25. The predicted octanol–water partition coefficient (Wildman–Crippen LogP) is 1.85. The van der Waals surface area contributed by atoms with Crippen LogP contribution >= 0.6 is 0 Å². The van der Waals surface area contributed by atoms with E-state index in [0.717, 1.165) is 12.0 Å².